The van der Waals surface area contributed by atoms with Gasteiger partial charge in [-0.25, -0.2) is 61.8 Å². The summed E-state index contributed by atoms with van der Waals surface area (Å²) >= 11 is 0. The fraction of sp³-hybridized carbons (Fsp3) is 0.410. The van der Waals surface area contributed by atoms with Crippen LogP contribution in [0.1, 0.15) is 102 Å². The molecule has 7 aliphatic rings. The van der Waals surface area contributed by atoms with Crippen molar-refractivity contribution in [2.24, 2.45) is 14.1 Å². The van der Waals surface area contributed by atoms with Gasteiger partial charge in [-0.1, -0.05) is 42.5 Å². The first-order chi connectivity index (χ1) is 53.4. The monoisotopic (exact) mass is 1520 g/mol. The number of anilines is 1. The van der Waals surface area contributed by atoms with Gasteiger partial charge in [-0.05, 0) is 48.6 Å². The van der Waals surface area contributed by atoms with Crippen LogP contribution in [0.2, 0.25) is 0 Å². The highest BCUT2D eigenvalue weighted by molar-refractivity contribution is 5.99. The number of aromatic nitrogens is 13. The SMILES string of the molecule is CNC(=O)N1CCn2c(C3CC(F)(F)C3)nc(-c3cccc4cc(N5CCOCC5)ncc34)c2C1.CNC(=O)N1CCn2c(C3CC(F)(F)C3)nc(-c3cccc4nc(-c5cnn(C)c5)c(C#N)cc34)c2C1.CNC(=O)N1CCn2c(C3CCOCC3)nc(-c3cccc4nc(-c5cnn(C)c5)c(C(F)(F)F)cc34)c2C1. The first kappa shape index (κ1) is 73.6. The van der Waals surface area contributed by atoms with Crippen LogP contribution in [-0.4, -0.2) is 188 Å². The van der Waals surface area contributed by atoms with Crippen LogP contribution >= 0.6 is 0 Å². The fourth-order valence-electron chi connectivity index (χ4n) is 16.4. The number of halogens is 7. The van der Waals surface area contributed by atoms with E-state index in [0.29, 0.717) is 147 Å². The van der Waals surface area contributed by atoms with Crippen molar-refractivity contribution in [2.45, 2.75) is 114 Å². The third kappa shape index (κ3) is 14.2. The fourth-order valence-corrected chi connectivity index (χ4v) is 16.4. The third-order valence-corrected chi connectivity index (χ3v) is 22.1. The maximum absolute atomic E-state index is 14.4. The maximum Gasteiger partial charge on any atom is 0.418 e. The molecule has 0 spiro atoms. The van der Waals surface area contributed by atoms with E-state index in [-0.39, 0.29) is 67.2 Å². The molecule has 0 radical (unpaired) electrons. The van der Waals surface area contributed by atoms with Gasteiger partial charge in [0.2, 0.25) is 11.8 Å². The number of benzene rings is 3. The summed E-state index contributed by atoms with van der Waals surface area (Å²) < 4.78 is 118. The summed E-state index contributed by atoms with van der Waals surface area (Å²) in [6.45, 7) is 8.29. The molecule has 8 aromatic heterocycles. The second kappa shape index (κ2) is 29.4. The van der Waals surface area contributed by atoms with Crippen LogP contribution in [0.4, 0.5) is 50.9 Å². The number of urea groups is 3. The number of carbonyl (C=O) groups excluding carboxylic acids is 3. The molecule has 3 aromatic carbocycles. The number of ether oxygens (including phenoxy) is 2. The van der Waals surface area contributed by atoms with Crippen LogP contribution in [0.15, 0.2) is 104 Å². The van der Waals surface area contributed by atoms with E-state index in [1.54, 1.807) is 91.3 Å². The number of amides is 6. The van der Waals surface area contributed by atoms with E-state index in [1.165, 1.54) is 23.1 Å². The molecule has 5 aliphatic heterocycles. The minimum atomic E-state index is -4.63. The van der Waals surface area contributed by atoms with Crippen LogP contribution in [0.5, 0.6) is 0 Å². The average molecular weight is 1520 g/mol. The lowest BCUT2D eigenvalue weighted by atomic mass is 9.80. The Balaban J connectivity index is 0.000000126. The number of hydrogen-bond donors (Lipinski definition) is 3. The Morgan fingerprint density at radius 1 is 0.514 bits per heavy atom. The molecule has 111 heavy (non-hydrogen) atoms. The van der Waals surface area contributed by atoms with E-state index in [2.05, 4.69) is 63.4 Å². The standard InChI is InChI=1S/C27H28F3N7O2.C26H24F2N8O.C25H28F2N6O2/c1-31-26(38)36-8-9-37-22(15-36)24(34-25(37)16-6-10-39-11-7-16)18-4-3-5-21-19(18)12-20(27(28,29)30)23(33-21)17-13-32-35(2)14-17;1-30-25(37)35-6-7-36-21(14-35)23(33-24(36)16-9-26(27,28)10-16)18-4-3-5-20-19(18)8-15(11-29)22(32-20)17-12-31-34(2)13-17;1-28-24(34)32-5-6-33-20(15-32)22(30-23(33)17-12-25(26,27)13-17)18-4-2-3-16-11-21(29-14-19(16)18)31-7-9-35-10-8-31/h3-5,12-14,16H,6-11,15H2,1-2H3,(H,31,38);3-5,8,12-13,16H,6-7,9-10,14H2,1-2H3,(H,30,37);2-4,11,14,17H,5-10,12-13,15H2,1H3,(H,28,34). The number of nitriles is 1. The van der Waals surface area contributed by atoms with Crippen molar-refractivity contribution in [3.8, 4) is 62.4 Å². The molecule has 26 nitrogen and oxygen atoms in total. The lowest BCUT2D eigenvalue weighted by Gasteiger charge is -2.36. The number of alkyl halides is 7. The van der Waals surface area contributed by atoms with Gasteiger partial charge in [0.1, 0.15) is 29.4 Å². The van der Waals surface area contributed by atoms with Gasteiger partial charge < -0.3 is 58.7 Å². The van der Waals surface area contributed by atoms with Gasteiger partial charge in [0, 0.05) is 207 Å². The molecule has 13 heterocycles. The van der Waals surface area contributed by atoms with Crippen LogP contribution in [0.3, 0.4) is 0 Å². The molecule has 4 fully saturated rings. The lowest BCUT2D eigenvalue weighted by molar-refractivity contribution is -0.137. The van der Waals surface area contributed by atoms with Crippen molar-refractivity contribution >= 4 is 56.5 Å². The zero-order valence-electron chi connectivity index (χ0n) is 61.6. The number of nitrogens with zero attached hydrogens (tertiary/aromatic N) is 18. The van der Waals surface area contributed by atoms with Crippen LogP contribution in [0, 0.1) is 11.3 Å². The summed E-state index contributed by atoms with van der Waals surface area (Å²) in [5.41, 5.74) is 8.72. The smallest absolute Gasteiger partial charge is 0.381 e. The van der Waals surface area contributed by atoms with Crippen molar-refractivity contribution in [2.75, 3.05) is 85.2 Å². The highest BCUT2D eigenvalue weighted by Crippen LogP contribution is 2.52. The number of carbonyl (C=O) groups is 3. The van der Waals surface area contributed by atoms with E-state index in [9.17, 15) is 50.4 Å². The van der Waals surface area contributed by atoms with E-state index in [0.717, 1.165) is 93.2 Å². The summed E-state index contributed by atoms with van der Waals surface area (Å²) in [7, 11) is 8.22. The average Bonchev–Trinajstić information content (AvgIpc) is 1.62. The molecule has 0 atom stereocenters. The zero-order chi connectivity index (χ0) is 77.4. The van der Waals surface area contributed by atoms with Crippen LogP contribution in [-0.2, 0) is 69.0 Å². The second-order valence-corrected chi connectivity index (χ2v) is 29.1. The molecule has 2 aliphatic carbocycles. The Hall–Kier alpha value is -11.5. The van der Waals surface area contributed by atoms with Gasteiger partial charge in [-0.15, -0.1) is 0 Å². The summed E-state index contributed by atoms with van der Waals surface area (Å²) in [5.74, 6) is -2.60. The van der Waals surface area contributed by atoms with Gasteiger partial charge in [0.25, 0.3) is 0 Å². The normalized spacial score (nSPS) is 17.7. The van der Waals surface area contributed by atoms with Crippen molar-refractivity contribution in [3.05, 3.63) is 149 Å². The van der Waals surface area contributed by atoms with Gasteiger partial charge in [-0.3, -0.25) is 9.36 Å². The Labute approximate surface area is 632 Å². The molecule has 0 bridgehead atoms. The summed E-state index contributed by atoms with van der Waals surface area (Å²) in [6.07, 6.45) is 4.44. The number of fused-ring (bicyclic) bond motifs is 6. The molecule has 0 unspecified atom stereocenters. The number of rotatable bonds is 9. The quantitative estimate of drug-likeness (QED) is 0.113. The largest absolute Gasteiger partial charge is 0.418 e. The Morgan fingerprint density at radius 2 is 0.946 bits per heavy atom. The molecule has 2 saturated heterocycles. The number of hydrogen-bond acceptors (Lipinski definition) is 15. The highest BCUT2D eigenvalue weighted by atomic mass is 19.4. The predicted molar refractivity (Wildman–Crippen MR) is 397 cm³/mol. The van der Waals surface area contributed by atoms with E-state index in [1.807, 2.05) is 41.1 Å². The molecule has 2 saturated carbocycles. The Bertz CT molecular complexity index is 5480. The molecular formula is C78H80F7N21O5. The summed E-state index contributed by atoms with van der Waals surface area (Å²) in [4.78, 5) is 73.5. The molecule has 33 heteroatoms. The first-order valence-corrected chi connectivity index (χ1v) is 37.0. The first-order valence-electron chi connectivity index (χ1n) is 37.0. The molecular weight excluding hydrogens is 1440 g/mol. The summed E-state index contributed by atoms with van der Waals surface area (Å²) in [5, 5.41) is 29.3. The highest BCUT2D eigenvalue weighted by Gasteiger charge is 2.50. The van der Waals surface area contributed by atoms with Gasteiger partial charge >= 0.3 is 24.3 Å². The van der Waals surface area contributed by atoms with Crippen molar-refractivity contribution < 1.29 is 54.6 Å². The van der Waals surface area contributed by atoms with E-state index < -0.39 is 23.6 Å². The molecule has 18 rings (SSSR count). The topological polar surface area (TPSA) is 270 Å². The van der Waals surface area contributed by atoms with Crippen molar-refractivity contribution in [1.82, 2.24) is 93.8 Å². The van der Waals surface area contributed by atoms with Crippen molar-refractivity contribution in [1.29, 1.82) is 5.26 Å². The number of imidazole rings is 3. The summed E-state index contributed by atoms with van der Waals surface area (Å²) in [6, 6.07) is 23.7. The molecule has 3 N–H and O–H groups in total. The number of morpholine rings is 1. The second-order valence-electron chi connectivity index (χ2n) is 29.1. The molecule has 6 amide bonds. The van der Waals surface area contributed by atoms with Crippen LogP contribution < -0.4 is 20.9 Å². The minimum Gasteiger partial charge on any atom is -0.381 e. The third-order valence-electron chi connectivity index (χ3n) is 22.1. The zero-order valence-corrected chi connectivity index (χ0v) is 61.6. The van der Waals surface area contributed by atoms with E-state index >= 15 is 0 Å². The maximum atomic E-state index is 14.4. The number of aryl methyl sites for hydroxylation is 2. The van der Waals surface area contributed by atoms with Crippen molar-refractivity contribution in [3.63, 3.8) is 0 Å². The van der Waals surface area contributed by atoms with Gasteiger partial charge in [0.15, 0.2) is 0 Å². The van der Waals surface area contributed by atoms with E-state index in [4.69, 9.17) is 34.4 Å². The Morgan fingerprint density at radius 3 is 1.39 bits per heavy atom. The number of pyridine rings is 3. The van der Waals surface area contributed by atoms with Gasteiger partial charge in [-0.2, -0.15) is 28.6 Å². The number of nitrogens with one attached hydrogen (secondary N) is 3. The predicted octanol–water partition coefficient (Wildman–Crippen LogP) is 12.2. The Kier molecular flexibility index (Phi) is 19.5. The molecule has 11 aromatic rings. The molecule has 576 valence electrons. The van der Waals surface area contributed by atoms with Crippen LogP contribution in [0.25, 0.3) is 88.9 Å². The minimum absolute atomic E-state index is 0.158. The lowest BCUT2D eigenvalue weighted by Crippen LogP contribution is -2.43. The van der Waals surface area contributed by atoms with Gasteiger partial charge in [0.05, 0.1) is 113 Å².